The van der Waals surface area contributed by atoms with Crippen molar-refractivity contribution in [2.24, 2.45) is 0 Å². The zero-order valence-electron chi connectivity index (χ0n) is 15.4. The van der Waals surface area contributed by atoms with Gasteiger partial charge in [0.1, 0.15) is 5.75 Å². The number of hydrogen-bond acceptors (Lipinski definition) is 2. The molecule has 1 aliphatic rings. The summed E-state index contributed by atoms with van der Waals surface area (Å²) in [5, 5.41) is 0. The van der Waals surface area contributed by atoms with Crippen LogP contribution in [-0.4, -0.2) is 19.1 Å². The maximum absolute atomic E-state index is 12.0. The second-order valence-electron chi connectivity index (χ2n) is 6.94. The number of nitrogens with zero attached hydrogens (tertiary/aromatic N) is 1. The fourth-order valence-corrected chi connectivity index (χ4v) is 3.50. The molecule has 0 bridgehead atoms. The van der Waals surface area contributed by atoms with Crippen molar-refractivity contribution in [1.29, 1.82) is 0 Å². The first kappa shape index (κ1) is 18.8. The maximum Gasteiger partial charge on any atom is 0.229 e. The molecular formula is C21H33NO2. The first-order valence-electron chi connectivity index (χ1n) is 9.72. The average Bonchev–Trinajstić information content (AvgIpc) is 2.59. The lowest BCUT2D eigenvalue weighted by Crippen LogP contribution is -2.52. The lowest BCUT2D eigenvalue weighted by molar-refractivity contribution is -0.124. The Labute approximate surface area is 147 Å². The third-order valence-corrected chi connectivity index (χ3v) is 5.04. The van der Waals surface area contributed by atoms with Gasteiger partial charge in [-0.15, -0.1) is 0 Å². The number of rotatable bonds is 12. The zero-order valence-corrected chi connectivity index (χ0v) is 15.4. The van der Waals surface area contributed by atoms with Gasteiger partial charge in [0, 0.05) is 18.2 Å². The fourth-order valence-electron chi connectivity index (χ4n) is 3.50. The molecule has 2 rings (SSSR count). The molecule has 0 N–H and O–H groups in total. The van der Waals surface area contributed by atoms with E-state index in [4.69, 9.17) is 4.74 Å². The second kappa shape index (κ2) is 10.4. The van der Waals surface area contributed by atoms with Crippen molar-refractivity contribution in [1.82, 2.24) is 0 Å². The van der Waals surface area contributed by atoms with Gasteiger partial charge >= 0.3 is 0 Å². The summed E-state index contributed by atoms with van der Waals surface area (Å²) < 4.78 is 5.18. The normalized spacial score (nSPS) is 17.0. The molecule has 3 nitrogen and oxygen atoms in total. The molecule has 1 aliphatic heterocycles. The Balaban J connectivity index is 1.61. The van der Waals surface area contributed by atoms with Gasteiger partial charge in [-0.3, -0.25) is 4.79 Å². The summed E-state index contributed by atoms with van der Waals surface area (Å²) in [6.45, 7) is 2.26. The zero-order chi connectivity index (χ0) is 17.2. The van der Waals surface area contributed by atoms with E-state index >= 15 is 0 Å². The highest BCUT2D eigenvalue weighted by atomic mass is 16.5. The Morgan fingerprint density at radius 2 is 1.54 bits per heavy atom. The van der Waals surface area contributed by atoms with Gasteiger partial charge in [-0.05, 0) is 30.7 Å². The predicted octanol–water partition coefficient (Wildman–Crippen LogP) is 5.72. The first-order valence-corrected chi connectivity index (χ1v) is 9.72. The molecule has 24 heavy (non-hydrogen) atoms. The Hall–Kier alpha value is -1.51. The monoisotopic (exact) mass is 331 g/mol. The Morgan fingerprint density at radius 3 is 2.08 bits per heavy atom. The Bertz CT molecular complexity index is 483. The number of unbranched alkanes of at least 4 members (excludes halogenated alkanes) is 8. The summed E-state index contributed by atoms with van der Waals surface area (Å²) in [7, 11) is 1.66. The third kappa shape index (κ3) is 5.54. The minimum absolute atomic E-state index is 0.251. The Kier molecular flexibility index (Phi) is 8.14. The molecule has 1 atom stereocenters. The molecule has 1 aromatic rings. The van der Waals surface area contributed by atoms with Gasteiger partial charge in [0.05, 0.1) is 7.11 Å². The maximum atomic E-state index is 12.0. The van der Waals surface area contributed by atoms with Crippen molar-refractivity contribution in [3.8, 4) is 5.75 Å². The number of hydrogen-bond donors (Lipinski definition) is 0. The van der Waals surface area contributed by atoms with E-state index in [0.717, 1.165) is 17.9 Å². The molecular weight excluding hydrogens is 298 g/mol. The van der Waals surface area contributed by atoms with E-state index in [1.165, 1.54) is 57.8 Å². The molecule has 1 aromatic carbocycles. The van der Waals surface area contributed by atoms with E-state index < -0.39 is 0 Å². The van der Waals surface area contributed by atoms with Crippen LogP contribution in [-0.2, 0) is 4.79 Å². The lowest BCUT2D eigenvalue weighted by atomic mass is 9.94. The number of amides is 1. The lowest BCUT2D eigenvalue weighted by Gasteiger charge is -2.40. The van der Waals surface area contributed by atoms with Gasteiger partial charge in [0.25, 0.3) is 0 Å². The van der Waals surface area contributed by atoms with Gasteiger partial charge in [-0.1, -0.05) is 64.7 Å². The number of ether oxygens (including phenoxy) is 1. The van der Waals surface area contributed by atoms with Gasteiger partial charge in [-0.2, -0.15) is 0 Å². The molecule has 134 valence electrons. The van der Waals surface area contributed by atoms with Gasteiger partial charge in [0.2, 0.25) is 5.91 Å². The summed E-state index contributed by atoms with van der Waals surface area (Å²) in [6, 6.07) is 8.22. The highest BCUT2D eigenvalue weighted by Crippen LogP contribution is 2.32. The van der Waals surface area contributed by atoms with E-state index in [-0.39, 0.29) is 5.91 Å². The number of carbonyl (C=O) groups is 1. The van der Waals surface area contributed by atoms with Crippen LogP contribution in [0.4, 0.5) is 5.69 Å². The molecule has 1 saturated heterocycles. The number of methoxy groups -OCH3 is 1. The summed E-state index contributed by atoms with van der Waals surface area (Å²) in [6.07, 6.45) is 14.0. The Morgan fingerprint density at radius 1 is 0.958 bits per heavy atom. The molecule has 0 aromatic heterocycles. The second-order valence-corrected chi connectivity index (χ2v) is 6.94. The quantitative estimate of drug-likeness (QED) is 0.362. The minimum Gasteiger partial charge on any atom is -0.497 e. The van der Waals surface area contributed by atoms with E-state index in [9.17, 15) is 4.79 Å². The van der Waals surface area contributed by atoms with Crippen LogP contribution in [0.2, 0.25) is 0 Å². The van der Waals surface area contributed by atoms with Crippen LogP contribution in [0.15, 0.2) is 24.3 Å². The topological polar surface area (TPSA) is 29.5 Å². The molecule has 1 fully saturated rings. The standard InChI is InChI=1S/C21H33NO2/c1-3-4-5-6-7-8-9-10-11-12-19-17-21(23)22(19)18-13-15-20(24-2)16-14-18/h13-16,19H,3-12,17H2,1-2H3/t19-/m1/s1. The van der Waals surface area contributed by atoms with Crippen molar-refractivity contribution in [2.75, 3.05) is 12.0 Å². The smallest absolute Gasteiger partial charge is 0.229 e. The highest BCUT2D eigenvalue weighted by molar-refractivity contribution is 6.00. The van der Waals surface area contributed by atoms with E-state index in [1.54, 1.807) is 7.11 Å². The number of anilines is 1. The molecule has 0 saturated carbocycles. The number of β-lactam (4-membered cyclic amide) rings is 1. The molecule has 0 spiro atoms. The highest BCUT2D eigenvalue weighted by Gasteiger charge is 2.36. The SMILES string of the molecule is CCCCCCCCCCC[C@@H]1CC(=O)N1c1ccc(OC)cc1. The molecule has 0 radical (unpaired) electrons. The number of benzene rings is 1. The molecule has 1 amide bonds. The van der Waals surface area contributed by atoms with Crippen LogP contribution in [0.5, 0.6) is 5.75 Å². The van der Waals surface area contributed by atoms with E-state index in [0.29, 0.717) is 12.5 Å². The van der Waals surface area contributed by atoms with Crippen LogP contribution >= 0.6 is 0 Å². The van der Waals surface area contributed by atoms with Crippen molar-refractivity contribution in [3.05, 3.63) is 24.3 Å². The van der Waals surface area contributed by atoms with Gasteiger partial charge in [-0.25, -0.2) is 0 Å². The molecule has 0 aliphatic carbocycles. The van der Waals surface area contributed by atoms with Gasteiger partial charge < -0.3 is 9.64 Å². The summed E-state index contributed by atoms with van der Waals surface area (Å²) >= 11 is 0. The van der Waals surface area contributed by atoms with Crippen molar-refractivity contribution >= 4 is 11.6 Å². The van der Waals surface area contributed by atoms with Crippen LogP contribution in [0.25, 0.3) is 0 Å². The fraction of sp³-hybridized carbons (Fsp3) is 0.667. The van der Waals surface area contributed by atoms with E-state index in [2.05, 4.69) is 6.92 Å². The molecule has 3 heteroatoms. The van der Waals surface area contributed by atoms with Crippen molar-refractivity contribution in [3.63, 3.8) is 0 Å². The van der Waals surface area contributed by atoms with E-state index in [1.807, 2.05) is 29.2 Å². The minimum atomic E-state index is 0.251. The first-order chi connectivity index (χ1) is 11.8. The number of carbonyl (C=O) groups excluding carboxylic acids is 1. The van der Waals surface area contributed by atoms with Crippen LogP contribution < -0.4 is 9.64 Å². The van der Waals surface area contributed by atoms with Gasteiger partial charge in [0.15, 0.2) is 0 Å². The van der Waals surface area contributed by atoms with Crippen LogP contribution in [0.1, 0.15) is 77.6 Å². The largest absolute Gasteiger partial charge is 0.497 e. The summed E-state index contributed by atoms with van der Waals surface area (Å²) in [5.41, 5.74) is 1.01. The van der Waals surface area contributed by atoms with Crippen LogP contribution in [0, 0.1) is 0 Å². The van der Waals surface area contributed by atoms with Crippen LogP contribution in [0.3, 0.4) is 0 Å². The third-order valence-electron chi connectivity index (χ3n) is 5.04. The van der Waals surface area contributed by atoms with Crippen molar-refractivity contribution < 1.29 is 9.53 Å². The predicted molar refractivity (Wildman–Crippen MR) is 101 cm³/mol. The summed E-state index contributed by atoms with van der Waals surface area (Å²) in [5.74, 6) is 1.09. The average molecular weight is 332 g/mol. The molecule has 1 heterocycles. The molecule has 0 unspecified atom stereocenters. The van der Waals surface area contributed by atoms with Crippen molar-refractivity contribution in [2.45, 2.75) is 83.6 Å². The summed E-state index contributed by atoms with van der Waals surface area (Å²) in [4.78, 5) is 13.9.